The van der Waals surface area contributed by atoms with Gasteiger partial charge in [0.05, 0.1) is 12.2 Å². The Hall–Kier alpha value is -2.57. The molecule has 1 atom stereocenters. The molecule has 0 spiro atoms. The number of anilines is 1. The van der Waals surface area contributed by atoms with Crippen LogP contribution in [0.3, 0.4) is 0 Å². The molecule has 0 radical (unpaired) electrons. The fraction of sp³-hybridized carbons (Fsp3) is 0.444. The average Bonchev–Trinajstić information content (AvgIpc) is 3.07. The number of aromatic nitrogens is 2. The highest BCUT2D eigenvalue weighted by Gasteiger charge is 2.25. The lowest BCUT2D eigenvalue weighted by Gasteiger charge is -2.32. The molecule has 6 nitrogen and oxygen atoms in total. The molecule has 2 heterocycles. The summed E-state index contributed by atoms with van der Waals surface area (Å²) >= 11 is 0. The zero-order chi connectivity index (χ0) is 17.6. The average molecular weight is 346 g/mol. The van der Waals surface area contributed by atoms with E-state index in [4.69, 9.17) is 4.74 Å². The minimum absolute atomic E-state index is 0.00842. The van der Waals surface area contributed by atoms with Crippen LogP contribution in [0.4, 0.5) is 14.9 Å². The quantitative estimate of drug-likeness (QED) is 0.902. The van der Waals surface area contributed by atoms with E-state index in [-0.39, 0.29) is 18.7 Å². The number of nitrogens with one attached hydrogen (secondary N) is 1. The van der Waals surface area contributed by atoms with Crippen LogP contribution >= 0.6 is 0 Å². The molecule has 7 heteroatoms. The molecule has 0 aliphatic carbocycles. The first-order chi connectivity index (χ1) is 12.2. The van der Waals surface area contributed by atoms with Crippen molar-refractivity contribution in [2.75, 3.05) is 31.7 Å². The summed E-state index contributed by atoms with van der Waals surface area (Å²) in [7, 11) is 0. The van der Waals surface area contributed by atoms with Gasteiger partial charge in [0.2, 0.25) is 0 Å². The lowest BCUT2D eigenvalue weighted by Crippen LogP contribution is -2.43. The van der Waals surface area contributed by atoms with Crippen LogP contribution in [-0.4, -0.2) is 47.1 Å². The largest absolute Gasteiger partial charge is 0.491 e. The van der Waals surface area contributed by atoms with Gasteiger partial charge in [-0.3, -0.25) is 4.68 Å². The molecule has 1 aliphatic rings. The SMILES string of the molecule is Cc1cnn(C2CCCN(C(=O)Nc3cccc(OCCF)c3)C2)c1. The van der Waals surface area contributed by atoms with Crippen LogP contribution in [0.5, 0.6) is 5.75 Å². The number of alkyl halides is 1. The van der Waals surface area contributed by atoms with E-state index in [1.54, 1.807) is 29.2 Å². The van der Waals surface area contributed by atoms with Gasteiger partial charge in [-0.2, -0.15) is 5.10 Å². The Kier molecular flexibility index (Phi) is 5.53. The van der Waals surface area contributed by atoms with Crippen molar-refractivity contribution in [2.45, 2.75) is 25.8 Å². The maximum Gasteiger partial charge on any atom is 0.321 e. The predicted molar refractivity (Wildman–Crippen MR) is 93.7 cm³/mol. The first-order valence-corrected chi connectivity index (χ1v) is 8.51. The first-order valence-electron chi connectivity index (χ1n) is 8.51. The Morgan fingerprint density at radius 2 is 2.36 bits per heavy atom. The summed E-state index contributed by atoms with van der Waals surface area (Å²) in [6.45, 7) is 2.83. The smallest absolute Gasteiger partial charge is 0.321 e. The van der Waals surface area contributed by atoms with E-state index in [2.05, 4.69) is 10.4 Å². The highest BCUT2D eigenvalue weighted by molar-refractivity contribution is 5.89. The van der Waals surface area contributed by atoms with Crippen LogP contribution in [0.2, 0.25) is 0 Å². The molecule has 1 N–H and O–H groups in total. The van der Waals surface area contributed by atoms with Gasteiger partial charge in [-0.25, -0.2) is 9.18 Å². The fourth-order valence-electron chi connectivity index (χ4n) is 3.01. The molecular formula is C18H23FN4O2. The molecule has 1 saturated heterocycles. The Morgan fingerprint density at radius 3 is 3.12 bits per heavy atom. The van der Waals surface area contributed by atoms with Crippen LogP contribution in [0.25, 0.3) is 0 Å². The number of aryl methyl sites for hydroxylation is 1. The zero-order valence-corrected chi connectivity index (χ0v) is 14.3. The lowest BCUT2D eigenvalue weighted by atomic mass is 10.1. The molecule has 1 aliphatic heterocycles. The highest BCUT2D eigenvalue weighted by Crippen LogP contribution is 2.23. The van der Waals surface area contributed by atoms with E-state index in [9.17, 15) is 9.18 Å². The summed E-state index contributed by atoms with van der Waals surface area (Å²) in [6.07, 6.45) is 5.80. The second-order valence-electron chi connectivity index (χ2n) is 6.24. The highest BCUT2D eigenvalue weighted by atomic mass is 19.1. The molecule has 2 aromatic rings. The molecule has 2 amide bonds. The number of hydrogen-bond acceptors (Lipinski definition) is 3. The summed E-state index contributed by atoms with van der Waals surface area (Å²) < 4.78 is 19.4. The Balaban J connectivity index is 1.61. The minimum atomic E-state index is -0.543. The standard InChI is InChI=1S/C18H23FN4O2/c1-14-11-20-23(12-14)16-5-3-8-22(13-16)18(24)21-15-4-2-6-17(10-15)25-9-7-19/h2,4,6,10-12,16H,3,5,7-9,13H2,1H3,(H,21,24). The van der Waals surface area contributed by atoms with E-state index in [1.807, 2.05) is 24.0 Å². The van der Waals surface area contributed by atoms with Gasteiger partial charge >= 0.3 is 6.03 Å². The number of carbonyl (C=O) groups is 1. The van der Waals surface area contributed by atoms with Crippen molar-refractivity contribution in [3.05, 3.63) is 42.2 Å². The van der Waals surface area contributed by atoms with E-state index in [0.29, 0.717) is 18.0 Å². The Labute approximate surface area is 146 Å². The second kappa shape index (κ2) is 8.00. The number of ether oxygens (including phenoxy) is 1. The van der Waals surface area contributed by atoms with Crippen LogP contribution in [0, 0.1) is 6.92 Å². The molecule has 1 unspecified atom stereocenters. The maximum absolute atomic E-state index is 12.6. The zero-order valence-electron chi connectivity index (χ0n) is 14.3. The van der Waals surface area contributed by atoms with Crippen molar-refractivity contribution in [3.63, 3.8) is 0 Å². The Morgan fingerprint density at radius 1 is 1.48 bits per heavy atom. The van der Waals surface area contributed by atoms with Gasteiger partial charge in [0.25, 0.3) is 0 Å². The third kappa shape index (κ3) is 4.49. The number of rotatable bonds is 5. The summed E-state index contributed by atoms with van der Waals surface area (Å²) in [6, 6.07) is 7.06. The van der Waals surface area contributed by atoms with Gasteiger partial charge in [-0.1, -0.05) is 6.07 Å². The van der Waals surface area contributed by atoms with E-state index in [0.717, 1.165) is 24.9 Å². The molecule has 134 valence electrons. The van der Waals surface area contributed by atoms with Crippen LogP contribution in [-0.2, 0) is 0 Å². The monoisotopic (exact) mass is 346 g/mol. The fourth-order valence-corrected chi connectivity index (χ4v) is 3.01. The summed E-state index contributed by atoms with van der Waals surface area (Å²) in [5, 5.41) is 7.26. The van der Waals surface area contributed by atoms with Crippen LogP contribution in [0.1, 0.15) is 24.4 Å². The van der Waals surface area contributed by atoms with Crippen molar-refractivity contribution in [1.82, 2.24) is 14.7 Å². The number of piperidine rings is 1. The second-order valence-corrected chi connectivity index (χ2v) is 6.24. The normalized spacial score (nSPS) is 17.4. The first kappa shape index (κ1) is 17.3. The van der Waals surface area contributed by atoms with Gasteiger partial charge in [-0.05, 0) is 37.5 Å². The maximum atomic E-state index is 12.6. The van der Waals surface area contributed by atoms with Crippen molar-refractivity contribution in [1.29, 1.82) is 0 Å². The molecule has 0 saturated carbocycles. The van der Waals surface area contributed by atoms with Crippen molar-refractivity contribution in [3.8, 4) is 5.75 Å². The van der Waals surface area contributed by atoms with Gasteiger partial charge in [0.1, 0.15) is 19.0 Å². The van der Waals surface area contributed by atoms with E-state index >= 15 is 0 Å². The number of benzene rings is 1. The topological polar surface area (TPSA) is 59.4 Å². The molecule has 1 aromatic heterocycles. The van der Waals surface area contributed by atoms with Crippen molar-refractivity contribution in [2.24, 2.45) is 0 Å². The van der Waals surface area contributed by atoms with E-state index in [1.165, 1.54) is 0 Å². The number of amides is 2. The number of likely N-dealkylation sites (tertiary alicyclic amines) is 1. The summed E-state index contributed by atoms with van der Waals surface area (Å²) in [5.41, 5.74) is 1.75. The molecule has 1 aromatic carbocycles. The number of urea groups is 1. The van der Waals surface area contributed by atoms with Gasteiger partial charge in [-0.15, -0.1) is 0 Å². The minimum Gasteiger partial charge on any atom is -0.491 e. The molecule has 25 heavy (non-hydrogen) atoms. The van der Waals surface area contributed by atoms with Gasteiger partial charge in [0.15, 0.2) is 0 Å². The molecule has 1 fully saturated rings. The number of carbonyl (C=O) groups excluding carboxylic acids is 1. The van der Waals surface area contributed by atoms with Crippen LogP contribution < -0.4 is 10.1 Å². The molecular weight excluding hydrogens is 323 g/mol. The third-order valence-electron chi connectivity index (χ3n) is 4.22. The summed E-state index contributed by atoms with van der Waals surface area (Å²) in [4.78, 5) is 14.4. The third-order valence-corrected chi connectivity index (χ3v) is 4.22. The van der Waals surface area contributed by atoms with Crippen molar-refractivity contribution < 1.29 is 13.9 Å². The number of halogens is 1. The Bertz CT molecular complexity index is 719. The predicted octanol–water partition coefficient (Wildman–Crippen LogP) is 3.41. The number of nitrogens with zero attached hydrogens (tertiary/aromatic N) is 3. The summed E-state index contributed by atoms with van der Waals surface area (Å²) in [5.74, 6) is 0.541. The van der Waals surface area contributed by atoms with Crippen molar-refractivity contribution >= 4 is 11.7 Å². The lowest BCUT2D eigenvalue weighted by molar-refractivity contribution is 0.175. The van der Waals surface area contributed by atoms with Gasteiger partial charge < -0.3 is 15.0 Å². The van der Waals surface area contributed by atoms with Gasteiger partial charge in [0, 0.05) is 31.0 Å². The molecule has 3 rings (SSSR count). The molecule has 0 bridgehead atoms. The number of hydrogen-bond donors (Lipinski definition) is 1. The van der Waals surface area contributed by atoms with E-state index < -0.39 is 6.67 Å². The van der Waals surface area contributed by atoms with Crippen LogP contribution in [0.15, 0.2) is 36.7 Å².